The van der Waals surface area contributed by atoms with Gasteiger partial charge in [-0.1, -0.05) is 6.07 Å². The minimum atomic E-state index is -0.124. The summed E-state index contributed by atoms with van der Waals surface area (Å²) in [6.45, 7) is 6.26. The third kappa shape index (κ3) is 4.45. The predicted octanol–water partition coefficient (Wildman–Crippen LogP) is 4.08. The molecule has 0 saturated carbocycles. The monoisotopic (exact) mass is 370 g/mol. The Morgan fingerprint density at radius 1 is 1.07 bits per heavy atom. The predicted molar refractivity (Wildman–Crippen MR) is 105 cm³/mol. The van der Waals surface area contributed by atoms with E-state index >= 15 is 0 Å². The van der Waals surface area contributed by atoms with Crippen LogP contribution in [0, 0.1) is 0 Å². The molecule has 0 spiro atoms. The molecule has 1 N–H and O–H groups in total. The van der Waals surface area contributed by atoms with Crippen LogP contribution >= 0.6 is 0 Å². The summed E-state index contributed by atoms with van der Waals surface area (Å²) in [6.07, 6.45) is 0.785. The SMILES string of the molecule is CCOc1cc2c(cc1OCC)CN(C(=O)Nc1cccc(OC)c1)CC2. The number of methoxy groups -OCH3 is 1. The van der Waals surface area contributed by atoms with Gasteiger partial charge in [-0.25, -0.2) is 4.79 Å². The van der Waals surface area contributed by atoms with Crippen LogP contribution in [0.5, 0.6) is 17.2 Å². The third-order valence-electron chi connectivity index (χ3n) is 4.49. The standard InChI is InChI=1S/C21H26N2O4/c1-4-26-19-11-15-9-10-23(14-16(15)12-20(19)27-5-2)21(24)22-17-7-6-8-18(13-17)25-3/h6-8,11-13H,4-5,9-10,14H2,1-3H3,(H,22,24). The summed E-state index contributed by atoms with van der Waals surface area (Å²) < 4.78 is 16.6. The molecule has 0 aliphatic carbocycles. The first-order valence-electron chi connectivity index (χ1n) is 9.26. The van der Waals surface area contributed by atoms with Crippen LogP contribution in [0.2, 0.25) is 0 Å². The number of nitrogens with one attached hydrogen (secondary N) is 1. The Morgan fingerprint density at radius 2 is 1.78 bits per heavy atom. The number of ether oxygens (including phenoxy) is 3. The van der Waals surface area contributed by atoms with Crippen LogP contribution < -0.4 is 19.5 Å². The molecule has 0 unspecified atom stereocenters. The summed E-state index contributed by atoms with van der Waals surface area (Å²) in [5, 5.41) is 2.94. The first kappa shape index (κ1) is 18.9. The molecule has 27 heavy (non-hydrogen) atoms. The maximum atomic E-state index is 12.7. The summed E-state index contributed by atoms with van der Waals surface area (Å²) in [5.74, 6) is 2.21. The molecule has 3 rings (SSSR count). The fourth-order valence-corrected chi connectivity index (χ4v) is 3.18. The van der Waals surface area contributed by atoms with Crippen LogP contribution in [0.3, 0.4) is 0 Å². The zero-order valence-electron chi connectivity index (χ0n) is 16.1. The molecule has 0 fully saturated rings. The van der Waals surface area contributed by atoms with E-state index in [2.05, 4.69) is 5.32 Å². The van der Waals surface area contributed by atoms with Gasteiger partial charge in [-0.05, 0) is 55.7 Å². The minimum absolute atomic E-state index is 0.124. The lowest BCUT2D eigenvalue weighted by Crippen LogP contribution is -2.38. The molecule has 0 saturated heterocycles. The molecule has 6 heteroatoms. The second kappa shape index (κ2) is 8.66. The molecule has 2 amide bonds. The lowest BCUT2D eigenvalue weighted by molar-refractivity contribution is 0.206. The van der Waals surface area contributed by atoms with Crippen molar-refractivity contribution in [2.45, 2.75) is 26.8 Å². The average Bonchev–Trinajstić information content (AvgIpc) is 2.68. The highest BCUT2D eigenvalue weighted by Crippen LogP contribution is 2.34. The van der Waals surface area contributed by atoms with E-state index in [1.807, 2.05) is 44.2 Å². The highest BCUT2D eigenvalue weighted by atomic mass is 16.5. The molecule has 2 aromatic carbocycles. The molecule has 1 heterocycles. The van der Waals surface area contributed by atoms with Crippen molar-refractivity contribution in [2.24, 2.45) is 0 Å². The number of urea groups is 1. The summed E-state index contributed by atoms with van der Waals surface area (Å²) in [4.78, 5) is 14.5. The summed E-state index contributed by atoms with van der Waals surface area (Å²) >= 11 is 0. The molecule has 0 atom stereocenters. The molecule has 1 aliphatic heterocycles. The third-order valence-corrected chi connectivity index (χ3v) is 4.49. The maximum absolute atomic E-state index is 12.7. The number of hydrogen-bond donors (Lipinski definition) is 1. The summed E-state index contributed by atoms with van der Waals surface area (Å²) in [5.41, 5.74) is 3.01. The molecule has 1 aliphatic rings. The Balaban J connectivity index is 1.74. The first-order valence-corrected chi connectivity index (χ1v) is 9.26. The number of amides is 2. The normalized spacial score (nSPS) is 12.9. The van der Waals surface area contributed by atoms with Gasteiger partial charge in [-0.2, -0.15) is 0 Å². The first-order chi connectivity index (χ1) is 13.1. The topological polar surface area (TPSA) is 60.0 Å². The molecule has 2 aromatic rings. The molecule has 144 valence electrons. The van der Waals surface area contributed by atoms with Crippen LogP contribution in [0.4, 0.5) is 10.5 Å². The van der Waals surface area contributed by atoms with E-state index in [1.165, 1.54) is 5.56 Å². The number of carbonyl (C=O) groups is 1. The quantitative estimate of drug-likeness (QED) is 0.832. The Labute approximate surface area is 160 Å². The van der Waals surface area contributed by atoms with Crippen LogP contribution in [0.1, 0.15) is 25.0 Å². The largest absolute Gasteiger partial charge is 0.497 e. The van der Waals surface area contributed by atoms with Crippen molar-refractivity contribution in [2.75, 3.05) is 32.2 Å². The van der Waals surface area contributed by atoms with Gasteiger partial charge in [0.15, 0.2) is 11.5 Å². The zero-order chi connectivity index (χ0) is 19.2. The van der Waals surface area contributed by atoms with E-state index in [-0.39, 0.29) is 6.03 Å². The fourth-order valence-electron chi connectivity index (χ4n) is 3.18. The van der Waals surface area contributed by atoms with E-state index < -0.39 is 0 Å². The van der Waals surface area contributed by atoms with Gasteiger partial charge in [0.1, 0.15) is 5.75 Å². The van der Waals surface area contributed by atoms with Crippen molar-refractivity contribution in [3.63, 3.8) is 0 Å². The van der Waals surface area contributed by atoms with Gasteiger partial charge in [0.2, 0.25) is 0 Å². The molecule has 0 bridgehead atoms. The zero-order valence-corrected chi connectivity index (χ0v) is 16.1. The van der Waals surface area contributed by atoms with E-state index in [9.17, 15) is 4.79 Å². The van der Waals surface area contributed by atoms with Crippen molar-refractivity contribution in [3.8, 4) is 17.2 Å². The van der Waals surface area contributed by atoms with Gasteiger partial charge in [-0.15, -0.1) is 0 Å². The number of nitrogens with zero attached hydrogens (tertiary/aromatic N) is 1. The van der Waals surface area contributed by atoms with Crippen LogP contribution in [0.25, 0.3) is 0 Å². The Morgan fingerprint density at radius 3 is 2.44 bits per heavy atom. The fraction of sp³-hybridized carbons (Fsp3) is 0.381. The Hall–Kier alpha value is -2.89. The van der Waals surface area contributed by atoms with Crippen molar-refractivity contribution in [1.82, 2.24) is 4.90 Å². The molecular weight excluding hydrogens is 344 g/mol. The summed E-state index contributed by atoms with van der Waals surface area (Å²) in [7, 11) is 1.61. The number of benzene rings is 2. The molecule has 0 aromatic heterocycles. The molecule has 0 radical (unpaired) electrons. The Kier molecular flexibility index (Phi) is 6.06. The summed E-state index contributed by atoms with van der Waals surface area (Å²) in [6, 6.07) is 11.3. The molecular formula is C21H26N2O4. The van der Waals surface area contributed by atoms with Crippen LogP contribution in [0.15, 0.2) is 36.4 Å². The highest BCUT2D eigenvalue weighted by Gasteiger charge is 2.23. The average molecular weight is 370 g/mol. The lowest BCUT2D eigenvalue weighted by atomic mass is 9.99. The van der Waals surface area contributed by atoms with Gasteiger partial charge >= 0.3 is 6.03 Å². The second-order valence-electron chi connectivity index (χ2n) is 6.27. The molecule has 6 nitrogen and oxygen atoms in total. The number of fused-ring (bicyclic) bond motifs is 1. The Bertz CT molecular complexity index is 807. The van der Waals surface area contributed by atoms with Crippen molar-refractivity contribution in [1.29, 1.82) is 0 Å². The minimum Gasteiger partial charge on any atom is -0.497 e. The maximum Gasteiger partial charge on any atom is 0.322 e. The van der Waals surface area contributed by atoms with E-state index in [0.717, 1.165) is 23.5 Å². The van der Waals surface area contributed by atoms with Crippen LogP contribution in [-0.4, -0.2) is 37.8 Å². The van der Waals surface area contributed by atoms with Crippen LogP contribution in [-0.2, 0) is 13.0 Å². The van der Waals surface area contributed by atoms with Gasteiger partial charge in [-0.3, -0.25) is 0 Å². The highest BCUT2D eigenvalue weighted by molar-refractivity contribution is 5.89. The number of hydrogen-bond acceptors (Lipinski definition) is 4. The lowest BCUT2D eigenvalue weighted by Gasteiger charge is -2.30. The second-order valence-corrected chi connectivity index (χ2v) is 6.27. The van der Waals surface area contributed by atoms with Gasteiger partial charge in [0, 0.05) is 24.8 Å². The van der Waals surface area contributed by atoms with Gasteiger partial charge in [0.05, 0.1) is 20.3 Å². The van der Waals surface area contributed by atoms with Crippen molar-refractivity contribution in [3.05, 3.63) is 47.5 Å². The van der Waals surface area contributed by atoms with E-state index in [0.29, 0.717) is 37.7 Å². The van der Waals surface area contributed by atoms with E-state index in [4.69, 9.17) is 14.2 Å². The number of anilines is 1. The number of carbonyl (C=O) groups excluding carboxylic acids is 1. The van der Waals surface area contributed by atoms with Gasteiger partial charge < -0.3 is 24.4 Å². The van der Waals surface area contributed by atoms with E-state index in [1.54, 1.807) is 18.1 Å². The van der Waals surface area contributed by atoms with Crippen molar-refractivity contribution < 1.29 is 19.0 Å². The van der Waals surface area contributed by atoms with Crippen molar-refractivity contribution >= 4 is 11.7 Å². The van der Waals surface area contributed by atoms with Gasteiger partial charge in [0.25, 0.3) is 0 Å². The number of rotatable bonds is 6. The smallest absolute Gasteiger partial charge is 0.322 e.